The standard InChI is InChI=1S/C25H24N6O/c1-14-8-5-6-11-19(14)31-20(12-18-10-7-9-15(2)21(18)25(31)32)16(3)28-24-22-23(27-13-26-22)29-17(4)30-24/h5-13,16H,1-4H3,(H2,26,27,28,29,30)/t16-/m1/s1. The maximum atomic E-state index is 13.8. The lowest BCUT2D eigenvalue weighted by Gasteiger charge is -2.23. The number of aryl methyl sites for hydroxylation is 3. The SMILES string of the molecule is Cc1nc(N[C@H](C)c2cc3cccc(C)c3c(=O)n2-c2ccccc2C)c2nc[nH]c2n1. The van der Waals surface area contributed by atoms with Crippen molar-refractivity contribution >= 4 is 27.8 Å². The molecular weight excluding hydrogens is 400 g/mol. The zero-order valence-corrected chi connectivity index (χ0v) is 18.5. The summed E-state index contributed by atoms with van der Waals surface area (Å²) in [5.74, 6) is 1.27. The number of pyridine rings is 1. The normalized spacial score (nSPS) is 12.4. The molecular formula is C25H24N6O. The van der Waals surface area contributed by atoms with Crippen LogP contribution in [0, 0.1) is 20.8 Å². The maximum absolute atomic E-state index is 13.8. The Morgan fingerprint density at radius 3 is 2.59 bits per heavy atom. The van der Waals surface area contributed by atoms with Gasteiger partial charge in [-0.2, -0.15) is 0 Å². The van der Waals surface area contributed by atoms with Crippen LogP contribution in [0.2, 0.25) is 0 Å². The number of para-hydroxylation sites is 1. The first-order chi connectivity index (χ1) is 15.4. The van der Waals surface area contributed by atoms with E-state index in [1.807, 2.05) is 74.7 Å². The van der Waals surface area contributed by atoms with Crippen LogP contribution in [0.1, 0.15) is 35.6 Å². The highest BCUT2D eigenvalue weighted by Crippen LogP contribution is 2.27. The lowest BCUT2D eigenvalue weighted by atomic mass is 10.0. The van der Waals surface area contributed by atoms with E-state index in [0.717, 1.165) is 33.3 Å². The van der Waals surface area contributed by atoms with Gasteiger partial charge in [-0.05, 0) is 56.3 Å². The number of fused-ring (bicyclic) bond motifs is 2. The van der Waals surface area contributed by atoms with Gasteiger partial charge in [-0.1, -0.05) is 36.4 Å². The molecule has 0 fully saturated rings. The second-order valence-corrected chi connectivity index (χ2v) is 8.12. The van der Waals surface area contributed by atoms with Gasteiger partial charge in [0.15, 0.2) is 11.5 Å². The minimum Gasteiger partial charge on any atom is -0.360 e. The Labute approximate surface area is 185 Å². The van der Waals surface area contributed by atoms with Crippen molar-refractivity contribution in [3.05, 3.63) is 87.9 Å². The number of hydrogen-bond acceptors (Lipinski definition) is 5. The first kappa shape index (κ1) is 19.9. The largest absolute Gasteiger partial charge is 0.360 e. The van der Waals surface area contributed by atoms with Crippen molar-refractivity contribution in [2.45, 2.75) is 33.7 Å². The van der Waals surface area contributed by atoms with Crippen molar-refractivity contribution in [1.29, 1.82) is 0 Å². The van der Waals surface area contributed by atoms with Crippen LogP contribution in [0.15, 0.2) is 59.7 Å². The summed E-state index contributed by atoms with van der Waals surface area (Å²) in [6, 6.07) is 15.8. The van der Waals surface area contributed by atoms with Gasteiger partial charge in [-0.25, -0.2) is 15.0 Å². The van der Waals surface area contributed by atoms with E-state index < -0.39 is 0 Å². The molecule has 0 aliphatic rings. The third-order valence-electron chi connectivity index (χ3n) is 5.83. The Morgan fingerprint density at radius 1 is 1.00 bits per heavy atom. The number of imidazole rings is 1. The number of benzene rings is 2. The predicted octanol–water partition coefficient (Wildman–Crippen LogP) is 4.76. The number of H-pyrrole nitrogens is 1. The number of anilines is 1. The summed E-state index contributed by atoms with van der Waals surface area (Å²) in [5, 5.41) is 5.13. The van der Waals surface area contributed by atoms with E-state index in [1.165, 1.54) is 0 Å². The van der Waals surface area contributed by atoms with Gasteiger partial charge in [0, 0.05) is 5.69 Å². The van der Waals surface area contributed by atoms with Crippen molar-refractivity contribution in [2.75, 3.05) is 5.32 Å². The minimum absolute atomic E-state index is 0.0256. The van der Waals surface area contributed by atoms with Gasteiger partial charge < -0.3 is 10.3 Å². The summed E-state index contributed by atoms with van der Waals surface area (Å²) in [7, 11) is 0. The van der Waals surface area contributed by atoms with E-state index in [-0.39, 0.29) is 11.6 Å². The summed E-state index contributed by atoms with van der Waals surface area (Å²) in [4.78, 5) is 30.2. The number of nitrogens with one attached hydrogen (secondary N) is 2. The van der Waals surface area contributed by atoms with Crippen LogP contribution in [0.3, 0.4) is 0 Å². The molecule has 160 valence electrons. The third-order valence-corrected chi connectivity index (χ3v) is 5.83. The van der Waals surface area contributed by atoms with E-state index in [9.17, 15) is 4.79 Å². The van der Waals surface area contributed by atoms with Crippen molar-refractivity contribution in [2.24, 2.45) is 0 Å². The summed E-state index contributed by atoms with van der Waals surface area (Å²) in [5.41, 5.74) is 5.04. The smallest absolute Gasteiger partial charge is 0.263 e. The number of aromatic nitrogens is 5. The van der Waals surface area contributed by atoms with Crippen LogP contribution >= 0.6 is 0 Å². The van der Waals surface area contributed by atoms with Crippen LogP contribution in [-0.2, 0) is 0 Å². The van der Waals surface area contributed by atoms with E-state index in [4.69, 9.17) is 0 Å². The molecule has 0 radical (unpaired) electrons. The van der Waals surface area contributed by atoms with Crippen molar-refractivity contribution in [3.8, 4) is 5.69 Å². The molecule has 0 bridgehead atoms. The Balaban J connectivity index is 1.74. The molecule has 0 saturated heterocycles. The molecule has 7 heteroatoms. The quantitative estimate of drug-likeness (QED) is 0.434. The zero-order valence-electron chi connectivity index (χ0n) is 18.5. The van der Waals surface area contributed by atoms with Crippen molar-refractivity contribution in [1.82, 2.24) is 24.5 Å². The number of aromatic amines is 1. The van der Waals surface area contributed by atoms with Crippen LogP contribution in [0.5, 0.6) is 0 Å². The Kier molecular flexibility index (Phi) is 4.74. The Bertz CT molecular complexity index is 1530. The van der Waals surface area contributed by atoms with Crippen molar-refractivity contribution < 1.29 is 0 Å². The second kappa shape index (κ2) is 7.60. The molecule has 1 atom stereocenters. The zero-order chi connectivity index (χ0) is 22.4. The topological polar surface area (TPSA) is 88.5 Å². The van der Waals surface area contributed by atoms with Gasteiger partial charge in [0.05, 0.1) is 23.4 Å². The third kappa shape index (κ3) is 3.22. The predicted molar refractivity (Wildman–Crippen MR) is 127 cm³/mol. The lowest BCUT2D eigenvalue weighted by molar-refractivity contribution is 0.770. The fourth-order valence-corrected chi connectivity index (χ4v) is 4.26. The van der Waals surface area contributed by atoms with Crippen LogP contribution in [-0.4, -0.2) is 24.5 Å². The highest BCUT2D eigenvalue weighted by Gasteiger charge is 2.20. The lowest BCUT2D eigenvalue weighted by Crippen LogP contribution is -2.26. The Hall–Kier alpha value is -4.00. The van der Waals surface area contributed by atoms with Crippen molar-refractivity contribution in [3.63, 3.8) is 0 Å². The highest BCUT2D eigenvalue weighted by molar-refractivity contribution is 5.86. The van der Waals surface area contributed by atoms with E-state index in [1.54, 1.807) is 6.33 Å². The van der Waals surface area contributed by atoms with Gasteiger partial charge >= 0.3 is 0 Å². The summed E-state index contributed by atoms with van der Waals surface area (Å²) < 4.78 is 1.82. The van der Waals surface area contributed by atoms with Gasteiger partial charge in [0.1, 0.15) is 11.3 Å². The summed E-state index contributed by atoms with van der Waals surface area (Å²) in [6.07, 6.45) is 1.61. The minimum atomic E-state index is -0.221. The molecule has 0 saturated carbocycles. The molecule has 2 N–H and O–H groups in total. The summed E-state index contributed by atoms with van der Waals surface area (Å²) in [6.45, 7) is 7.87. The molecule has 3 aromatic heterocycles. The molecule has 0 aliphatic heterocycles. The molecule has 7 nitrogen and oxygen atoms in total. The van der Waals surface area contributed by atoms with Crippen LogP contribution < -0.4 is 10.9 Å². The van der Waals surface area contributed by atoms with E-state index >= 15 is 0 Å². The first-order valence-electron chi connectivity index (χ1n) is 10.6. The molecule has 0 amide bonds. The molecule has 2 aromatic carbocycles. The van der Waals surface area contributed by atoms with Gasteiger partial charge in [0.25, 0.3) is 5.56 Å². The van der Waals surface area contributed by atoms with Gasteiger partial charge in [-0.15, -0.1) is 0 Å². The number of hydrogen-bond donors (Lipinski definition) is 2. The second-order valence-electron chi connectivity index (χ2n) is 8.12. The Morgan fingerprint density at radius 2 is 1.78 bits per heavy atom. The first-order valence-corrected chi connectivity index (χ1v) is 10.6. The molecule has 0 unspecified atom stereocenters. The van der Waals surface area contributed by atoms with Gasteiger partial charge in [-0.3, -0.25) is 9.36 Å². The van der Waals surface area contributed by atoms with Crippen LogP contribution in [0.4, 0.5) is 5.82 Å². The molecule has 3 heterocycles. The average molecular weight is 425 g/mol. The fourth-order valence-electron chi connectivity index (χ4n) is 4.26. The summed E-state index contributed by atoms with van der Waals surface area (Å²) >= 11 is 0. The molecule has 0 spiro atoms. The molecule has 32 heavy (non-hydrogen) atoms. The number of rotatable bonds is 4. The fraction of sp³-hybridized carbons (Fsp3) is 0.200. The van der Waals surface area contributed by atoms with E-state index in [2.05, 4.69) is 31.3 Å². The van der Waals surface area contributed by atoms with Crippen LogP contribution in [0.25, 0.3) is 27.6 Å². The monoisotopic (exact) mass is 424 g/mol. The average Bonchev–Trinajstić information content (AvgIpc) is 3.23. The molecule has 5 rings (SSSR count). The maximum Gasteiger partial charge on any atom is 0.263 e. The highest BCUT2D eigenvalue weighted by atomic mass is 16.1. The molecule has 5 aromatic rings. The number of nitrogens with zero attached hydrogens (tertiary/aromatic N) is 4. The van der Waals surface area contributed by atoms with E-state index in [0.29, 0.717) is 22.8 Å². The van der Waals surface area contributed by atoms with Gasteiger partial charge in [0.2, 0.25) is 0 Å². The molecule has 0 aliphatic carbocycles.